The highest BCUT2D eigenvalue weighted by Crippen LogP contribution is 2.21. The Morgan fingerprint density at radius 3 is 2.54 bits per heavy atom. The number of likely N-dealkylation sites (tertiary alicyclic amines) is 1. The van der Waals surface area contributed by atoms with Crippen LogP contribution in [-0.2, 0) is 22.9 Å². The molecule has 0 amide bonds. The van der Waals surface area contributed by atoms with Crippen LogP contribution >= 0.6 is 0 Å². The fraction of sp³-hybridized carbons (Fsp3) is 0.842. The van der Waals surface area contributed by atoms with Gasteiger partial charge in [-0.25, -0.2) is 13.4 Å². The van der Waals surface area contributed by atoms with Gasteiger partial charge in [-0.15, -0.1) is 0 Å². The molecule has 0 aromatic carbocycles. The number of likely N-dealkylation sites (N-methyl/N-ethyl adjacent to an activating group) is 2. The van der Waals surface area contributed by atoms with E-state index in [0.717, 1.165) is 25.2 Å². The fourth-order valence-electron chi connectivity index (χ4n) is 3.49. The maximum atomic E-state index is 12.7. The summed E-state index contributed by atoms with van der Waals surface area (Å²) in [4.78, 5) is 9.04. The van der Waals surface area contributed by atoms with E-state index in [0.29, 0.717) is 18.5 Å². The second-order valence-electron chi connectivity index (χ2n) is 8.43. The summed E-state index contributed by atoms with van der Waals surface area (Å²) in [5.41, 5.74) is 0.994. The minimum atomic E-state index is -3.38. The molecule has 0 radical (unpaired) electrons. The smallest absolute Gasteiger partial charge is 0.228 e. The summed E-state index contributed by atoms with van der Waals surface area (Å²) in [6, 6.07) is 0.589. The number of rotatable bonds is 9. The first kappa shape index (κ1) is 21.4. The fourth-order valence-corrected chi connectivity index (χ4v) is 4.63. The summed E-state index contributed by atoms with van der Waals surface area (Å²) in [6.45, 7) is 11.4. The van der Waals surface area contributed by atoms with Gasteiger partial charge < -0.3 is 9.47 Å². The minimum Gasteiger partial charge on any atom is -0.318 e. The highest BCUT2D eigenvalue weighted by atomic mass is 32.2. The van der Waals surface area contributed by atoms with Crippen LogP contribution in [0.2, 0.25) is 0 Å². The third-order valence-electron chi connectivity index (χ3n) is 5.33. The normalized spacial score (nSPS) is 19.3. The molecule has 0 spiro atoms. The van der Waals surface area contributed by atoms with Crippen LogP contribution in [0.1, 0.15) is 52.7 Å². The van der Waals surface area contributed by atoms with Crippen molar-refractivity contribution in [2.24, 2.45) is 5.92 Å². The van der Waals surface area contributed by atoms with E-state index in [4.69, 9.17) is 0 Å². The number of nitrogens with zero attached hydrogens (tertiary/aromatic N) is 4. The molecule has 1 saturated heterocycles. The van der Waals surface area contributed by atoms with Gasteiger partial charge in [0.2, 0.25) is 15.0 Å². The van der Waals surface area contributed by atoms with Crippen LogP contribution in [-0.4, -0.2) is 66.2 Å². The van der Waals surface area contributed by atoms with Gasteiger partial charge in [0.15, 0.2) is 0 Å². The first-order chi connectivity index (χ1) is 12.1. The summed E-state index contributed by atoms with van der Waals surface area (Å²) in [6.07, 6.45) is 5.20. The quantitative estimate of drug-likeness (QED) is 0.655. The van der Waals surface area contributed by atoms with E-state index >= 15 is 0 Å². The Kier molecular flexibility index (Phi) is 7.27. The lowest BCUT2D eigenvalue weighted by molar-refractivity contribution is 0.212. The molecule has 1 unspecified atom stereocenters. The molecule has 6 nitrogen and oxygen atoms in total. The SMILES string of the molecule is CC(C)CCn1c(CN(C)CC2CCCN2C)cnc1S(=O)(=O)C(C)C. The molecule has 26 heavy (non-hydrogen) atoms. The maximum absolute atomic E-state index is 12.7. The molecule has 2 heterocycles. The molecule has 0 bridgehead atoms. The van der Waals surface area contributed by atoms with Gasteiger partial charge >= 0.3 is 0 Å². The zero-order chi connectivity index (χ0) is 19.5. The average Bonchev–Trinajstić information content (AvgIpc) is 3.12. The summed E-state index contributed by atoms with van der Waals surface area (Å²) in [5.74, 6) is 0.518. The van der Waals surface area contributed by atoms with Gasteiger partial charge in [0.1, 0.15) is 0 Å². The summed E-state index contributed by atoms with van der Waals surface area (Å²) < 4.78 is 27.4. The monoisotopic (exact) mass is 384 g/mol. The molecule has 1 atom stereocenters. The minimum absolute atomic E-state index is 0.231. The molecule has 1 aliphatic heterocycles. The second-order valence-corrected chi connectivity index (χ2v) is 10.8. The number of sulfone groups is 1. The maximum Gasteiger partial charge on any atom is 0.228 e. The van der Waals surface area contributed by atoms with Crippen molar-refractivity contribution in [3.63, 3.8) is 0 Å². The zero-order valence-electron chi connectivity index (χ0n) is 17.3. The molecule has 1 aromatic heterocycles. The van der Waals surface area contributed by atoms with Crippen LogP contribution in [0.15, 0.2) is 11.4 Å². The molecular weight excluding hydrogens is 348 g/mol. The van der Waals surface area contributed by atoms with Crippen LogP contribution in [0, 0.1) is 5.92 Å². The van der Waals surface area contributed by atoms with Gasteiger partial charge in [-0.3, -0.25) is 4.90 Å². The van der Waals surface area contributed by atoms with Crippen LogP contribution in [0.4, 0.5) is 0 Å². The van der Waals surface area contributed by atoms with Gasteiger partial charge in [-0.05, 0) is 59.7 Å². The van der Waals surface area contributed by atoms with Crippen molar-refractivity contribution in [1.82, 2.24) is 19.4 Å². The topological polar surface area (TPSA) is 58.4 Å². The Morgan fingerprint density at radius 2 is 2.00 bits per heavy atom. The van der Waals surface area contributed by atoms with Crippen molar-refractivity contribution in [3.05, 3.63) is 11.9 Å². The van der Waals surface area contributed by atoms with E-state index in [1.807, 2.05) is 4.57 Å². The molecule has 0 N–H and O–H groups in total. The van der Waals surface area contributed by atoms with Gasteiger partial charge in [0.05, 0.1) is 17.1 Å². The number of hydrogen-bond donors (Lipinski definition) is 0. The van der Waals surface area contributed by atoms with E-state index < -0.39 is 15.1 Å². The molecule has 1 aliphatic rings. The highest BCUT2D eigenvalue weighted by molar-refractivity contribution is 7.91. The molecule has 2 rings (SSSR count). The van der Waals surface area contributed by atoms with E-state index in [-0.39, 0.29) is 5.16 Å². The second kappa shape index (κ2) is 8.85. The average molecular weight is 385 g/mol. The number of aromatic nitrogens is 2. The molecule has 150 valence electrons. The third kappa shape index (κ3) is 5.08. The Balaban J connectivity index is 2.19. The lowest BCUT2D eigenvalue weighted by Crippen LogP contribution is -2.36. The Labute approximate surface area is 159 Å². The predicted octanol–water partition coefficient (Wildman–Crippen LogP) is 2.64. The molecule has 0 saturated carbocycles. The van der Waals surface area contributed by atoms with Crippen molar-refractivity contribution in [2.45, 2.75) is 76.5 Å². The van der Waals surface area contributed by atoms with Crippen molar-refractivity contribution in [1.29, 1.82) is 0 Å². The summed E-state index contributed by atoms with van der Waals surface area (Å²) in [5, 5.41) is -0.227. The largest absolute Gasteiger partial charge is 0.318 e. The Bertz CT molecular complexity index is 682. The number of hydrogen-bond acceptors (Lipinski definition) is 5. The lowest BCUT2D eigenvalue weighted by atomic mass is 10.1. The summed E-state index contributed by atoms with van der Waals surface area (Å²) >= 11 is 0. The first-order valence-corrected chi connectivity index (χ1v) is 11.3. The van der Waals surface area contributed by atoms with Crippen molar-refractivity contribution < 1.29 is 8.42 Å². The third-order valence-corrected chi connectivity index (χ3v) is 7.41. The molecule has 1 aromatic rings. The van der Waals surface area contributed by atoms with Crippen molar-refractivity contribution in [3.8, 4) is 0 Å². The Morgan fingerprint density at radius 1 is 1.31 bits per heavy atom. The van der Waals surface area contributed by atoms with Crippen LogP contribution in [0.5, 0.6) is 0 Å². The van der Waals surface area contributed by atoms with E-state index in [1.54, 1.807) is 20.0 Å². The molecule has 7 heteroatoms. The molecule has 0 aliphatic carbocycles. The van der Waals surface area contributed by atoms with Crippen molar-refractivity contribution >= 4 is 9.84 Å². The summed E-state index contributed by atoms with van der Waals surface area (Å²) in [7, 11) is 0.923. The van der Waals surface area contributed by atoms with Gasteiger partial charge in [-0.1, -0.05) is 13.8 Å². The van der Waals surface area contributed by atoms with Gasteiger partial charge in [0, 0.05) is 25.7 Å². The van der Waals surface area contributed by atoms with Crippen LogP contribution in [0.25, 0.3) is 0 Å². The number of imidazole rings is 1. The van der Waals surface area contributed by atoms with Gasteiger partial charge in [-0.2, -0.15) is 0 Å². The Hall–Kier alpha value is -0.920. The van der Waals surface area contributed by atoms with E-state index in [9.17, 15) is 8.42 Å². The van der Waals surface area contributed by atoms with Crippen molar-refractivity contribution in [2.75, 3.05) is 27.2 Å². The van der Waals surface area contributed by atoms with E-state index in [1.165, 1.54) is 19.4 Å². The molecular formula is C19H36N4O2S. The predicted molar refractivity (Wildman–Crippen MR) is 106 cm³/mol. The first-order valence-electron chi connectivity index (χ1n) is 9.80. The zero-order valence-corrected chi connectivity index (χ0v) is 18.1. The van der Waals surface area contributed by atoms with Crippen LogP contribution in [0.3, 0.4) is 0 Å². The van der Waals surface area contributed by atoms with Crippen LogP contribution < -0.4 is 0 Å². The highest BCUT2D eigenvalue weighted by Gasteiger charge is 2.28. The molecule has 1 fully saturated rings. The standard InChI is InChI=1S/C19H36N4O2S/c1-15(2)9-11-23-18(12-20-19(23)26(24,25)16(3)4)14-21(5)13-17-8-7-10-22(17)6/h12,15-17H,7-11,13-14H2,1-6H3. The van der Waals surface area contributed by atoms with E-state index in [2.05, 4.69) is 42.7 Å². The lowest BCUT2D eigenvalue weighted by Gasteiger charge is -2.26. The van der Waals surface area contributed by atoms with Gasteiger partial charge in [0.25, 0.3) is 0 Å².